The Bertz CT molecular complexity index is 97.1. The van der Waals surface area contributed by atoms with Crippen LogP contribution in [0.1, 0.15) is 0 Å². The lowest BCUT2D eigenvalue weighted by Gasteiger charge is -2.13. The molecule has 0 rings (SSSR count). The summed E-state index contributed by atoms with van der Waals surface area (Å²) in [6.07, 6.45) is 0. The fraction of sp³-hybridized carbons (Fsp3) is 1.00. The molecule has 0 aliphatic rings. The summed E-state index contributed by atoms with van der Waals surface area (Å²) >= 11 is 4.48. The zero-order valence-corrected chi connectivity index (χ0v) is 6.39. The predicted octanol–water partition coefficient (Wildman–Crippen LogP) is 1.46. The minimum Gasteiger partial charge on any atom is -0.257 e. The Morgan fingerprint density at radius 3 is 1.71 bits per heavy atom. The molecule has 0 aromatic heterocycles. The minimum atomic E-state index is -2.57. The van der Waals surface area contributed by atoms with Crippen LogP contribution in [0.25, 0.3) is 0 Å². The standard InChI is InChI=1S/C3H9FNPS/c1-5(2)6(3,4)7/h1-3H3. The highest BCUT2D eigenvalue weighted by Gasteiger charge is 2.07. The predicted molar refractivity (Wildman–Crippen MR) is 35.0 cm³/mol. The quantitative estimate of drug-likeness (QED) is 0.508. The summed E-state index contributed by atoms with van der Waals surface area (Å²) in [7, 11) is 3.31. The number of rotatable bonds is 1. The second kappa shape index (κ2) is 2.21. The van der Waals surface area contributed by atoms with Crippen molar-refractivity contribution < 1.29 is 4.20 Å². The number of hydrogen-bond acceptors (Lipinski definition) is 1. The molecule has 1 atom stereocenters. The second-order valence-electron chi connectivity index (χ2n) is 1.63. The highest BCUT2D eigenvalue weighted by molar-refractivity contribution is 8.10. The maximum atomic E-state index is 12.4. The van der Waals surface area contributed by atoms with Crippen LogP contribution < -0.4 is 0 Å². The highest BCUT2D eigenvalue weighted by Crippen LogP contribution is 2.44. The van der Waals surface area contributed by atoms with Crippen LogP contribution in [0.2, 0.25) is 0 Å². The number of nitrogens with zero attached hydrogens (tertiary/aromatic N) is 1. The molecule has 4 heteroatoms. The SMILES string of the molecule is CN(C)P(C)(F)=S. The Hall–Kier alpha value is 0.540. The van der Waals surface area contributed by atoms with Gasteiger partial charge in [0.15, 0.2) is 6.50 Å². The molecule has 0 aliphatic heterocycles. The molecule has 0 fully saturated rings. The van der Waals surface area contributed by atoms with Crippen molar-refractivity contribution in [3.05, 3.63) is 0 Å². The van der Waals surface area contributed by atoms with E-state index >= 15 is 0 Å². The molecule has 0 saturated heterocycles. The van der Waals surface area contributed by atoms with E-state index in [0.29, 0.717) is 0 Å². The van der Waals surface area contributed by atoms with Crippen molar-refractivity contribution in [2.75, 3.05) is 20.8 Å². The molecule has 7 heavy (non-hydrogen) atoms. The van der Waals surface area contributed by atoms with Gasteiger partial charge in [-0.3, -0.25) is 4.67 Å². The Balaban J connectivity index is 3.80. The van der Waals surface area contributed by atoms with Crippen LogP contribution in [-0.4, -0.2) is 25.4 Å². The van der Waals surface area contributed by atoms with E-state index in [1.165, 1.54) is 11.3 Å². The van der Waals surface area contributed by atoms with Gasteiger partial charge in [-0.2, -0.15) is 0 Å². The smallest absolute Gasteiger partial charge is 0.174 e. The summed E-state index contributed by atoms with van der Waals surface area (Å²) in [5, 5.41) is 0. The Morgan fingerprint density at radius 2 is 1.71 bits per heavy atom. The van der Waals surface area contributed by atoms with Crippen molar-refractivity contribution >= 4 is 18.3 Å². The molecule has 44 valence electrons. The van der Waals surface area contributed by atoms with Gasteiger partial charge >= 0.3 is 0 Å². The fourth-order valence-corrected chi connectivity index (χ4v) is 0. The van der Waals surface area contributed by atoms with Crippen molar-refractivity contribution in [1.82, 2.24) is 4.67 Å². The van der Waals surface area contributed by atoms with Crippen molar-refractivity contribution in [2.24, 2.45) is 0 Å². The maximum absolute atomic E-state index is 12.4. The minimum absolute atomic E-state index is 1.45. The average molecular weight is 141 g/mol. The second-order valence-corrected chi connectivity index (χ2v) is 5.98. The topological polar surface area (TPSA) is 3.24 Å². The lowest BCUT2D eigenvalue weighted by atomic mass is 11.3. The van der Waals surface area contributed by atoms with Crippen LogP contribution in [0.5, 0.6) is 0 Å². The van der Waals surface area contributed by atoms with Crippen LogP contribution in [-0.2, 0) is 11.8 Å². The van der Waals surface area contributed by atoms with Gasteiger partial charge in [-0.25, -0.2) is 4.20 Å². The van der Waals surface area contributed by atoms with Crippen LogP contribution in [0.15, 0.2) is 0 Å². The molecule has 0 heterocycles. The van der Waals surface area contributed by atoms with Gasteiger partial charge in [0.1, 0.15) is 0 Å². The van der Waals surface area contributed by atoms with E-state index in [9.17, 15) is 4.20 Å². The lowest BCUT2D eigenvalue weighted by Crippen LogP contribution is -2.02. The third-order valence-corrected chi connectivity index (χ3v) is 3.12. The Kier molecular flexibility index (Phi) is 2.38. The van der Waals surface area contributed by atoms with Gasteiger partial charge in [0, 0.05) is 6.66 Å². The zero-order valence-electron chi connectivity index (χ0n) is 4.68. The van der Waals surface area contributed by atoms with Gasteiger partial charge in [0.2, 0.25) is 0 Å². The average Bonchev–Trinajstić information content (AvgIpc) is 1.31. The van der Waals surface area contributed by atoms with Gasteiger partial charge < -0.3 is 0 Å². The third-order valence-electron chi connectivity index (χ3n) is 0.714. The summed E-state index contributed by atoms with van der Waals surface area (Å²) in [5.74, 6) is 0. The van der Waals surface area contributed by atoms with Crippen LogP contribution >= 0.6 is 6.50 Å². The molecular formula is C3H9FNPS. The van der Waals surface area contributed by atoms with Crippen molar-refractivity contribution in [3.63, 3.8) is 0 Å². The molecule has 1 nitrogen and oxygen atoms in total. The van der Waals surface area contributed by atoms with Crippen molar-refractivity contribution in [3.8, 4) is 0 Å². The molecular weight excluding hydrogens is 132 g/mol. The molecule has 0 radical (unpaired) electrons. The zero-order chi connectivity index (χ0) is 6.08. The first-order valence-electron chi connectivity index (χ1n) is 1.89. The van der Waals surface area contributed by atoms with E-state index in [0.717, 1.165) is 0 Å². The molecule has 1 unspecified atom stereocenters. The summed E-state index contributed by atoms with van der Waals surface area (Å²) in [5.41, 5.74) is 0. The van der Waals surface area contributed by atoms with Crippen LogP contribution in [0.4, 0.5) is 4.20 Å². The van der Waals surface area contributed by atoms with E-state index in [1.807, 2.05) is 0 Å². The number of hydrogen-bond donors (Lipinski definition) is 0. The first-order valence-corrected chi connectivity index (χ1v) is 4.99. The van der Waals surface area contributed by atoms with Crippen LogP contribution in [0.3, 0.4) is 0 Å². The summed E-state index contributed by atoms with van der Waals surface area (Å²) in [4.78, 5) is 0. The third kappa shape index (κ3) is 3.15. The Morgan fingerprint density at radius 1 is 1.57 bits per heavy atom. The summed E-state index contributed by atoms with van der Waals surface area (Å²) < 4.78 is 13.8. The van der Waals surface area contributed by atoms with Gasteiger partial charge in [0.25, 0.3) is 0 Å². The first-order chi connectivity index (χ1) is 2.94. The van der Waals surface area contributed by atoms with Gasteiger partial charge in [-0.15, -0.1) is 0 Å². The van der Waals surface area contributed by atoms with E-state index in [-0.39, 0.29) is 0 Å². The molecule has 0 N–H and O–H groups in total. The van der Waals surface area contributed by atoms with E-state index < -0.39 is 6.50 Å². The van der Waals surface area contributed by atoms with Crippen LogP contribution in [0, 0.1) is 0 Å². The molecule has 0 aromatic carbocycles. The van der Waals surface area contributed by atoms with Crippen molar-refractivity contribution in [1.29, 1.82) is 0 Å². The number of halogens is 1. The largest absolute Gasteiger partial charge is 0.257 e. The van der Waals surface area contributed by atoms with Crippen molar-refractivity contribution in [2.45, 2.75) is 0 Å². The molecule has 0 aromatic rings. The molecule has 0 amide bonds. The monoisotopic (exact) mass is 141 g/mol. The van der Waals surface area contributed by atoms with E-state index in [1.54, 1.807) is 14.1 Å². The highest BCUT2D eigenvalue weighted by atomic mass is 32.5. The Labute approximate surface area is 48.7 Å². The summed E-state index contributed by atoms with van der Waals surface area (Å²) in [6, 6.07) is 0. The molecule has 0 saturated carbocycles. The van der Waals surface area contributed by atoms with E-state index in [4.69, 9.17) is 0 Å². The molecule has 0 aliphatic carbocycles. The molecule has 0 spiro atoms. The normalized spacial score (nSPS) is 19.6. The molecule has 0 bridgehead atoms. The lowest BCUT2D eigenvalue weighted by molar-refractivity contribution is 0.627. The van der Waals surface area contributed by atoms with Gasteiger partial charge in [0.05, 0.1) is 0 Å². The fourth-order valence-electron chi connectivity index (χ4n) is 0. The van der Waals surface area contributed by atoms with E-state index in [2.05, 4.69) is 11.8 Å². The van der Waals surface area contributed by atoms with Gasteiger partial charge in [-0.05, 0) is 25.9 Å². The first kappa shape index (κ1) is 7.54. The van der Waals surface area contributed by atoms with Gasteiger partial charge in [-0.1, -0.05) is 0 Å². The summed E-state index contributed by atoms with van der Waals surface area (Å²) in [6.45, 7) is -1.12. The maximum Gasteiger partial charge on any atom is 0.174 e.